The highest BCUT2D eigenvalue weighted by Crippen LogP contribution is 2.22. The molecule has 0 fully saturated rings. The summed E-state index contributed by atoms with van der Waals surface area (Å²) in [6.45, 7) is 3.73. The molecule has 7 heteroatoms. The number of aromatic nitrogens is 2. The number of hydrogen-bond acceptors (Lipinski definition) is 6. The molecule has 0 radical (unpaired) electrons. The summed E-state index contributed by atoms with van der Waals surface area (Å²) in [6, 6.07) is 9.57. The Bertz CT molecular complexity index is 931. The average Bonchev–Trinajstić information content (AvgIpc) is 3.20. The van der Waals surface area contributed by atoms with Crippen molar-refractivity contribution in [2.75, 3.05) is 5.32 Å². The van der Waals surface area contributed by atoms with E-state index in [0.717, 1.165) is 33.9 Å². The van der Waals surface area contributed by atoms with Crippen LogP contribution in [0.1, 0.15) is 39.4 Å². The number of hydrogen-bond donors (Lipinski definition) is 1. The van der Waals surface area contributed by atoms with E-state index in [2.05, 4.69) is 21.5 Å². The van der Waals surface area contributed by atoms with Crippen LogP contribution in [0, 0.1) is 25.2 Å². The third kappa shape index (κ3) is 4.35. The normalized spacial score (nSPS) is 10.5. The number of nitrogens with zero attached hydrogens (tertiary/aromatic N) is 3. The highest BCUT2D eigenvalue weighted by molar-refractivity contribution is 7.15. The van der Waals surface area contributed by atoms with Crippen molar-refractivity contribution >= 4 is 22.4 Å². The molecule has 2 aromatic heterocycles. The van der Waals surface area contributed by atoms with E-state index in [1.54, 1.807) is 18.3 Å². The van der Waals surface area contributed by atoms with E-state index in [9.17, 15) is 4.79 Å². The van der Waals surface area contributed by atoms with E-state index in [1.807, 2.05) is 26.0 Å². The molecule has 0 bridgehead atoms. The van der Waals surface area contributed by atoms with Gasteiger partial charge in [0.1, 0.15) is 5.76 Å². The van der Waals surface area contributed by atoms with Gasteiger partial charge in [-0.3, -0.25) is 4.79 Å². The van der Waals surface area contributed by atoms with Crippen molar-refractivity contribution in [2.24, 2.45) is 0 Å². The highest BCUT2D eigenvalue weighted by atomic mass is 32.1. The van der Waals surface area contributed by atoms with E-state index >= 15 is 0 Å². The van der Waals surface area contributed by atoms with Crippen LogP contribution in [0.3, 0.4) is 0 Å². The van der Waals surface area contributed by atoms with Crippen molar-refractivity contribution in [1.29, 1.82) is 5.26 Å². The van der Waals surface area contributed by atoms with Crippen molar-refractivity contribution in [3.05, 3.63) is 63.5 Å². The SMILES string of the molecule is Cc1noc(C)c1CCC(=O)Nc1ncc(Cc2ccc(C#N)cc2)s1. The summed E-state index contributed by atoms with van der Waals surface area (Å²) in [5.74, 6) is 0.679. The van der Waals surface area contributed by atoms with Crippen molar-refractivity contribution < 1.29 is 9.32 Å². The fraction of sp³-hybridized carbons (Fsp3) is 0.263. The maximum atomic E-state index is 12.1. The summed E-state index contributed by atoms with van der Waals surface area (Å²) in [6.07, 6.45) is 3.44. The summed E-state index contributed by atoms with van der Waals surface area (Å²) in [7, 11) is 0. The van der Waals surface area contributed by atoms with Crippen LogP contribution in [-0.4, -0.2) is 16.0 Å². The molecule has 0 unspecified atom stereocenters. The molecule has 2 heterocycles. The summed E-state index contributed by atoms with van der Waals surface area (Å²) < 4.78 is 5.11. The maximum absolute atomic E-state index is 12.1. The van der Waals surface area contributed by atoms with Crippen molar-refractivity contribution in [2.45, 2.75) is 33.1 Å². The van der Waals surface area contributed by atoms with Crippen LogP contribution in [0.25, 0.3) is 0 Å². The molecule has 0 spiro atoms. The largest absolute Gasteiger partial charge is 0.361 e. The van der Waals surface area contributed by atoms with Gasteiger partial charge in [-0.25, -0.2) is 4.98 Å². The second-order valence-electron chi connectivity index (χ2n) is 5.97. The first-order valence-corrected chi connectivity index (χ1v) is 9.02. The van der Waals surface area contributed by atoms with Crippen LogP contribution in [0.5, 0.6) is 0 Å². The van der Waals surface area contributed by atoms with Gasteiger partial charge in [0, 0.05) is 29.5 Å². The lowest BCUT2D eigenvalue weighted by Crippen LogP contribution is -2.12. The Balaban J connectivity index is 1.54. The van der Waals surface area contributed by atoms with Crippen molar-refractivity contribution in [3.8, 4) is 6.07 Å². The Morgan fingerprint density at radius 1 is 1.31 bits per heavy atom. The smallest absolute Gasteiger partial charge is 0.226 e. The Hall–Kier alpha value is -2.98. The van der Waals surface area contributed by atoms with Crippen LogP contribution in [0.2, 0.25) is 0 Å². The van der Waals surface area contributed by atoms with Crippen LogP contribution in [0.4, 0.5) is 5.13 Å². The summed E-state index contributed by atoms with van der Waals surface area (Å²) in [5, 5.41) is 16.2. The monoisotopic (exact) mass is 366 g/mol. The number of thiazole rings is 1. The molecule has 3 rings (SSSR count). The third-order valence-electron chi connectivity index (χ3n) is 4.04. The number of carbonyl (C=O) groups excluding carboxylic acids is 1. The molecule has 0 atom stereocenters. The second-order valence-corrected chi connectivity index (χ2v) is 7.08. The van der Waals surface area contributed by atoms with E-state index in [-0.39, 0.29) is 5.91 Å². The minimum Gasteiger partial charge on any atom is -0.361 e. The van der Waals surface area contributed by atoms with E-state index < -0.39 is 0 Å². The van der Waals surface area contributed by atoms with Gasteiger partial charge >= 0.3 is 0 Å². The first kappa shape index (κ1) is 17.8. The second kappa shape index (κ2) is 7.93. The molecule has 0 saturated heterocycles. The highest BCUT2D eigenvalue weighted by Gasteiger charge is 2.12. The van der Waals surface area contributed by atoms with Gasteiger partial charge < -0.3 is 9.84 Å². The first-order valence-electron chi connectivity index (χ1n) is 8.20. The van der Waals surface area contributed by atoms with Gasteiger partial charge in [0.2, 0.25) is 5.91 Å². The molecule has 0 aliphatic carbocycles. The zero-order chi connectivity index (χ0) is 18.5. The molecule has 1 aromatic carbocycles. The Kier molecular flexibility index (Phi) is 5.44. The van der Waals surface area contributed by atoms with E-state index in [1.165, 1.54) is 11.3 Å². The van der Waals surface area contributed by atoms with Crippen LogP contribution >= 0.6 is 11.3 Å². The van der Waals surface area contributed by atoms with Gasteiger partial charge in [-0.2, -0.15) is 5.26 Å². The van der Waals surface area contributed by atoms with Gasteiger partial charge in [0.15, 0.2) is 5.13 Å². The lowest BCUT2D eigenvalue weighted by atomic mass is 10.1. The van der Waals surface area contributed by atoms with Crippen LogP contribution in [-0.2, 0) is 17.6 Å². The molecule has 1 N–H and O–H groups in total. The molecule has 0 saturated carbocycles. The zero-order valence-corrected chi connectivity index (χ0v) is 15.4. The molecule has 26 heavy (non-hydrogen) atoms. The Morgan fingerprint density at radius 2 is 2.08 bits per heavy atom. The number of nitriles is 1. The van der Waals surface area contributed by atoms with E-state index in [4.69, 9.17) is 9.78 Å². The summed E-state index contributed by atoms with van der Waals surface area (Å²) in [5.41, 5.74) is 3.56. The molecule has 3 aromatic rings. The lowest BCUT2D eigenvalue weighted by Gasteiger charge is -2.01. The predicted octanol–water partition coefficient (Wildman–Crippen LogP) is 3.78. The molecular formula is C19H18N4O2S. The number of nitrogens with one attached hydrogen (secondary N) is 1. The number of rotatable bonds is 6. The quantitative estimate of drug-likeness (QED) is 0.717. The lowest BCUT2D eigenvalue weighted by molar-refractivity contribution is -0.116. The maximum Gasteiger partial charge on any atom is 0.226 e. The Labute approximate surface area is 155 Å². The van der Waals surface area contributed by atoms with E-state index in [0.29, 0.717) is 23.5 Å². The number of anilines is 1. The predicted molar refractivity (Wildman–Crippen MR) is 99.0 cm³/mol. The van der Waals surface area contributed by atoms with Gasteiger partial charge in [0.25, 0.3) is 0 Å². The number of amides is 1. The number of aryl methyl sites for hydroxylation is 2. The summed E-state index contributed by atoms with van der Waals surface area (Å²) in [4.78, 5) is 17.5. The minimum absolute atomic E-state index is 0.0794. The minimum atomic E-state index is -0.0794. The molecule has 0 aliphatic rings. The number of benzene rings is 1. The molecule has 132 valence electrons. The zero-order valence-electron chi connectivity index (χ0n) is 14.6. The van der Waals surface area contributed by atoms with Gasteiger partial charge in [-0.1, -0.05) is 17.3 Å². The van der Waals surface area contributed by atoms with Gasteiger partial charge in [0.05, 0.1) is 17.3 Å². The van der Waals surface area contributed by atoms with Crippen molar-refractivity contribution in [3.63, 3.8) is 0 Å². The fourth-order valence-electron chi connectivity index (χ4n) is 2.62. The third-order valence-corrected chi connectivity index (χ3v) is 4.96. The van der Waals surface area contributed by atoms with Gasteiger partial charge in [-0.15, -0.1) is 11.3 Å². The topological polar surface area (TPSA) is 91.8 Å². The van der Waals surface area contributed by atoms with Gasteiger partial charge in [-0.05, 0) is 38.0 Å². The average molecular weight is 366 g/mol. The molecule has 0 aliphatic heterocycles. The fourth-order valence-corrected chi connectivity index (χ4v) is 3.49. The molecule has 6 nitrogen and oxygen atoms in total. The first-order chi connectivity index (χ1) is 12.5. The summed E-state index contributed by atoms with van der Waals surface area (Å²) >= 11 is 1.46. The Morgan fingerprint density at radius 3 is 2.73 bits per heavy atom. The van der Waals surface area contributed by atoms with Crippen LogP contribution in [0.15, 0.2) is 35.0 Å². The molecular weight excluding hydrogens is 348 g/mol. The van der Waals surface area contributed by atoms with Crippen molar-refractivity contribution in [1.82, 2.24) is 10.1 Å². The molecule has 1 amide bonds. The van der Waals surface area contributed by atoms with Crippen LogP contribution < -0.4 is 5.32 Å². The number of carbonyl (C=O) groups is 1. The standard InChI is InChI=1S/C19H18N4O2S/c1-12-17(13(2)25-23-12)7-8-18(24)22-19-21-11-16(26-19)9-14-3-5-15(10-20)6-4-14/h3-6,11H,7-9H2,1-2H3,(H,21,22,24).